The largest absolute Gasteiger partial charge is 0.505 e. The second-order valence-corrected chi connectivity index (χ2v) is 4.46. The zero-order valence-electron chi connectivity index (χ0n) is 8.89. The minimum Gasteiger partial charge on any atom is -0.505 e. The average Bonchev–Trinajstić information content (AvgIpc) is 2.62. The third kappa shape index (κ3) is 1.61. The maximum Gasteiger partial charge on any atom is 0.168 e. The molecule has 0 aromatic heterocycles. The van der Waals surface area contributed by atoms with E-state index in [9.17, 15) is 9.50 Å². The smallest absolute Gasteiger partial charge is 0.168 e. The molecule has 0 spiro atoms. The van der Waals surface area contributed by atoms with E-state index in [0.29, 0.717) is 11.1 Å². The maximum atomic E-state index is 13.5. The molecule has 0 radical (unpaired) electrons. The number of halogens is 1. The molecule has 3 N–H and O–H groups in total. The summed E-state index contributed by atoms with van der Waals surface area (Å²) < 4.78 is 13.5. The van der Waals surface area contributed by atoms with Gasteiger partial charge in [-0.1, -0.05) is 25.0 Å². The molecule has 1 aliphatic rings. The summed E-state index contributed by atoms with van der Waals surface area (Å²) in [4.78, 5) is 0. The van der Waals surface area contributed by atoms with Gasteiger partial charge in [0.15, 0.2) is 11.6 Å². The zero-order valence-corrected chi connectivity index (χ0v) is 8.89. The van der Waals surface area contributed by atoms with E-state index < -0.39 is 11.4 Å². The lowest BCUT2D eigenvalue weighted by Crippen LogP contribution is -2.33. The Labute approximate surface area is 88.9 Å². The van der Waals surface area contributed by atoms with Gasteiger partial charge in [0.25, 0.3) is 0 Å². The highest BCUT2D eigenvalue weighted by atomic mass is 19.1. The number of aryl methyl sites for hydroxylation is 1. The van der Waals surface area contributed by atoms with Gasteiger partial charge in [0.2, 0.25) is 0 Å². The molecule has 82 valence electrons. The maximum absolute atomic E-state index is 13.5. The number of rotatable bonds is 1. The second kappa shape index (κ2) is 3.49. The fourth-order valence-electron chi connectivity index (χ4n) is 2.34. The van der Waals surface area contributed by atoms with E-state index in [0.717, 1.165) is 25.7 Å². The monoisotopic (exact) mass is 209 g/mol. The Morgan fingerprint density at radius 1 is 1.33 bits per heavy atom. The van der Waals surface area contributed by atoms with Gasteiger partial charge < -0.3 is 10.8 Å². The van der Waals surface area contributed by atoms with Crippen LogP contribution in [-0.4, -0.2) is 5.11 Å². The first kappa shape index (κ1) is 10.4. The lowest BCUT2D eigenvalue weighted by Gasteiger charge is -2.25. The van der Waals surface area contributed by atoms with Crippen molar-refractivity contribution in [2.75, 3.05) is 0 Å². The van der Waals surface area contributed by atoms with Gasteiger partial charge in [-0.25, -0.2) is 4.39 Å². The molecular weight excluding hydrogens is 193 g/mol. The Morgan fingerprint density at radius 3 is 2.53 bits per heavy atom. The van der Waals surface area contributed by atoms with Crippen LogP contribution in [0.4, 0.5) is 4.39 Å². The summed E-state index contributed by atoms with van der Waals surface area (Å²) in [5.41, 5.74) is 6.66. The number of nitrogens with two attached hydrogens (primary N) is 1. The summed E-state index contributed by atoms with van der Waals surface area (Å²) in [5.74, 6) is -0.802. The molecule has 3 heteroatoms. The molecule has 0 bridgehead atoms. The summed E-state index contributed by atoms with van der Waals surface area (Å²) in [6.07, 6.45) is 3.74. The zero-order chi connectivity index (χ0) is 11.1. The molecule has 2 rings (SSSR count). The van der Waals surface area contributed by atoms with E-state index in [4.69, 9.17) is 5.73 Å². The van der Waals surface area contributed by atoms with Crippen LogP contribution in [0.15, 0.2) is 12.1 Å². The summed E-state index contributed by atoms with van der Waals surface area (Å²) in [6, 6.07) is 3.43. The fourth-order valence-corrected chi connectivity index (χ4v) is 2.34. The predicted molar refractivity (Wildman–Crippen MR) is 57.1 cm³/mol. The highest BCUT2D eigenvalue weighted by Crippen LogP contribution is 2.41. The molecular formula is C12H16FNO. The van der Waals surface area contributed by atoms with Crippen molar-refractivity contribution in [1.82, 2.24) is 0 Å². The molecule has 1 aromatic carbocycles. The first-order valence-corrected chi connectivity index (χ1v) is 5.32. The van der Waals surface area contributed by atoms with Crippen molar-refractivity contribution >= 4 is 0 Å². The SMILES string of the molecule is Cc1ccc(C2(N)CCCC2)c(O)c1F. The Balaban J connectivity index is 2.49. The Hall–Kier alpha value is -1.09. The highest BCUT2D eigenvalue weighted by molar-refractivity contribution is 5.42. The van der Waals surface area contributed by atoms with Crippen molar-refractivity contribution in [2.45, 2.75) is 38.1 Å². The van der Waals surface area contributed by atoms with Crippen LogP contribution < -0.4 is 5.73 Å². The number of phenolic OH excluding ortho intramolecular Hbond substituents is 1. The molecule has 0 amide bonds. The summed E-state index contributed by atoms with van der Waals surface area (Å²) in [6.45, 7) is 1.64. The third-order valence-electron chi connectivity index (χ3n) is 3.34. The van der Waals surface area contributed by atoms with E-state index in [1.807, 2.05) is 0 Å². The lowest BCUT2D eigenvalue weighted by atomic mass is 9.88. The second-order valence-electron chi connectivity index (χ2n) is 4.46. The number of phenols is 1. The van der Waals surface area contributed by atoms with Crippen LogP contribution in [0.3, 0.4) is 0 Å². The van der Waals surface area contributed by atoms with Crippen LogP contribution in [0.2, 0.25) is 0 Å². The molecule has 0 unspecified atom stereocenters. The molecule has 0 aliphatic heterocycles. The molecule has 1 aliphatic carbocycles. The molecule has 1 fully saturated rings. The first-order chi connectivity index (χ1) is 7.04. The Kier molecular flexibility index (Phi) is 2.43. The summed E-state index contributed by atoms with van der Waals surface area (Å²) in [5, 5.41) is 9.75. The van der Waals surface area contributed by atoms with Crippen LogP contribution in [0.5, 0.6) is 5.75 Å². The van der Waals surface area contributed by atoms with Crippen LogP contribution in [0, 0.1) is 12.7 Å². The van der Waals surface area contributed by atoms with Crippen molar-refractivity contribution in [1.29, 1.82) is 0 Å². The molecule has 1 aromatic rings. The lowest BCUT2D eigenvalue weighted by molar-refractivity contribution is 0.384. The van der Waals surface area contributed by atoms with Gasteiger partial charge in [0, 0.05) is 11.1 Å². The standard InChI is InChI=1S/C12H16FNO/c1-8-4-5-9(11(15)10(8)13)12(14)6-2-3-7-12/h4-5,15H,2-3,6-7,14H2,1H3. The first-order valence-electron chi connectivity index (χ1n) is 5.32. The molecule has 1 saturated carbocycles. The molecule has 0 atom stereocenters. The summed E-state index contributed by atoms with van der Waals surface area (Å²) in [7, 11) is 0. The number of hydrogen-bond acceptors (Lipinski definition) is 2. The Morgan fingerprint density at radius 2 is 1.93 bits per heavy atom. The normalized spacial score (nSPS) is 19.4. The average molecular weight is 209 g/mol. The van der Waals surface area contributed by atoms with Gasteiger partial charge in [0.1, 0.15) is 0 Å². The molecule has 2 nitrogen and oxygen atoms in total. The van der Waals surface area contributed by atoms with E-state index in [-0.39, 0.29) is 5.75 Å². The number of hydrogen-bond donors (Lipinski definition) is 2. The van der Waals surface area contributed by atoms with E-state index in [1.54, 1.807) is 19.1 Å². The topological polar surface area (TPSA) is 46.2 Å². The van der Waals surface area contributed by atoms with E-state index >= 15 is 0 Å². The minimum atomic E-state index is -0.538. The van der Waals surface area contributed by atoms with Gasteiger partial charge in [0.05, 0.1) is 0 Å². The number of benzene rings is 1. The van der Waals surface area contributed by atoms with Crippen LogP contribution in [0.25, 0.3) is 0 Å². The van der Waals surface area contributed by atoms with Gasteiger partial charge in [-0.3, -0.25) is 0 Å². The highest BCUT2D eigenvalue weighted by Gasteiger charge is 2.34. The molecule has 0 saturated heterocycles. The van der Waals surface area contributed by atoms with E-state index in [2.05, 4.69) is 0 Å². The van der Waals surface area contributed by atoms with Crippen molar-refractivity contribution in [2.24, 2.45) is 5.73 Å². The Bertz CT molecular complexity index is 383. The van der Waals surface area contributed by atoms with Gasteiger partial charge in [-0.2, -0.15) is 0 Å². The van der Waals surface area contributed by atoms with Crippen LogP contribution in [-0.2, 0) is 5.54 Å². The molecule has 0 heterocycles. The van der Waals surface area contributed by atoms with Crippen molar-refractivity contribution in [3.63, 3.8) is 0 Å². The van der Waals surface area contributed by atoms with Gasteiger partial charge in [-0.05, 0) is 25.3 Å². The van der Waals surface area contributed by atoms with Gasteiger partial charge in [-0.15, -0.1) is 0 Å². The van der Waals surface area contributed by atoms with Crippen LogP contribution in [0.1, 0.15) is 36.8 Å². The minimum absolute atomic E-state index is 0.264. The predicted octanol–water partition coefficient (Wildman–Crippen LogP) is 2.57. The van der Waals surface area contributed by atoms with Crippen molar-refractivity contribution in [3.05, 3.63) is 29.1 Å². The van der Waals surface area contributed by atoms with Crippen molar-refractivity contribution in [3.8, 4) is 5.75 Å². The number of aromatic hydroxyl groups is 1. The van der Waals surface area contributed by atoms with Crippen molar-refractivity contribution < 1.29 is 9.50 Å². The summed E-state index contributed by atoms with van der Waals surface area (Å²) >= 11 is 0. The fraction of sp³-hybridized carbons (Fsp3) is 0.500. The van der Waals surface area contributed by atoms with Gasteiger partial charge >= 0.3 is 0 Å². The van der Waals surface area contributed by atoms with E-state index in [1.165, 1.54) is 0 Å². The third-order valence-corrected chi connectivity index (χ3v) is 3.34. The quantitative estimate of drug-likeness (QED) is 0.746. The molecule has 15 heavy (non-hydrogen) atoms. The van der Waals surface area contributed by atoms with Crippen LogP contribution >= 0.6 is 0 Å².